The number of piperidine rings is 1. The average Bonchev–Trinajstić information content (AvgIpc) is 2.84. The summed E-state index contributed by atoms with van der Waals surface area (Å²) in [5, 5.41) is 5.08. The Labute approximate surface area is 188 Å². The molecule has 0 aliphatic carbocycles. The maximum atomic E-state index is 13.2. The topological polar surface area (TPSA) is 75.7 Å². The molecule has 0 spiro atoms. The van der Waals surface area contributed by atoms with Crippen LogP contribution in [0.2, 0.25) is 0 Å². The van der Waals surface area contributed by atoms with Gasteiger partial charge in [0.1, 0.15) is 5.75 Å². The molecule has 1 N–H and O–H groups in total. The van der Waals surface area contributed by atoms with Gasteiger partial charge in [-0.1, -0.05) is 48.5 Å². The number of hydrogen-bond donors (Lipinski definition) is 1. The quantitative estimate of drug-likeness (QED) is 0.655. The molecule has 0 saturated carbocycles. The highest BCUT2D eigenvalue weighted by Crippen LogP contribution is 2.32. The van der Waals surface area contributed by atoms with E-state index in [-0.39, 0.29) is 17.9 Å². The zero-order valence-corrected chi connectivity index (χ0v) is 18.6. The second-order valence-corrected chi connectivity index (χ2v) is 10.4. The van der Waals surface area contributed by atoms with Crippen molar-refractivity contribution in [3.05, 3.63) is 72.3 Å². The van der Waals surface area contributed by atoms with Crippen molar-refractivity contribution in [2.24, 2.45) is 5.92 Å². The summed E-state index contributed by atoms with van der Waals surface area (Å²) in [4.78, 5) is 13.2. The lowest BCUT2D eigenvalue weighted by Crippen LogP contribution is -2.44. The van der Waals surface area contributed by atoms with Crippen molar-refractivity contribution in [2.75, 3.05) is 19.7 Å². The van der Waals surface area contributed by atoms with E-state index in [1.165, 1.54) is 4.31 Å². The van der Waals surface area contributed by atoms with Gasteiger partial charge in [-0.3, -0.25) is 4.79 Å². The van der Waals surface area contributed by atoms with Gasteiger partial charge in [-0.05, 0) is 41.8 Å². The van der Waals surface area contributed by atoms with E-state index < -0.39 is 10.0 Å². The molecule has 7 heteroatoms. The van der Waals surface area contributed by atoms with Gasteiger partial charge in [0.05, 0.1) is 17.5 Å². The van der Waals surface area contributed by atoms with Crippen LogP contribution in [-0.2, 0) is 14.8 Å². The third-order valence-corrected chi connectivity index (χ3v) is 8.35. The molecule has 166 valence electrons. The number of nitrogens with zero attached hydrogens (tertiary/aromatic N) is 1. The van der Waals surface area contributed by atoms with E-state index >= 15 is 0 Å². The molecule has 0 radical (unpaired) electrons. The van der Waals surface area contributed by atoms with E-state index in [2.05, 4.69) is 5.32 Å². The molecule has 5 rings (SSSR count). The van der Waals surface area contributed by atoms with Crippen LogP contribution in [-0.4, -0.2) is 38.3 Å². The van der Waals surface area contributed by atoms with Crippen molar-refractivity contribution < 1.29 is 17.9 Å². The van der Waals surface area contributed by atoms with E-state index in [0.29, 0.717) is 37.4 Å². The molecule has 2 aliphatic rings. The first kappa shape index (κ1) is 21.0. The molecule has 6 nitrogen and oxygen atoms in total. The summed E-state index contributed by atoms with van der Waals surface area (Å²) in [7, 11) is -3.58. The van der Waals surface area contributed by atoms with Gasteiger partial charge in [0.2, 0.25) is 15.9 Å². The van der Waals surface area contributed by atoms with Crippen molar-refractivity contribution >= 4 is 26.7 Å². The molecule has 32 heavy (non-hydrogen) atoms. The number of amides is 1. The van der Waals surface area contributed by atoms with Crippen molar-refractivity contribution in [2.45, 2.75) is 30.2 Å². The number of ether oxygens (including phenoxy) is 1. The summed E-state index contributed by atoms with van der Waals surface area (Å²) in [5.41, 5.74) is 1.00. The largest absolute Gasteiger partial charge is 0.493 e. The molecule has 0 aromatic heterocycles. The number of carbonyl (C=O) groups is 1. The smallest absolute Gasteiger partial charge is 0.243 e. The van der Waals surface area contributed by atoms with Crippen molar-refractivity contribution in [3.8, 4) is 5.75 Å². The van der Waals surface area contributed by atoms with Crippen molar-refractivity contribution in [1.82, 2.24) is 9.62 Å². The highest BCUT2D eigenvalue weighted by molar-refractivity contribution is 7.89. The minimum absolute atomic E-state index is 0.00513. The predicted octanol–water partition coefficient (Wildman–Crippen LogP) is 3.88. The average molecular weight is 451 g/mol. The molecular weight excluding hydrogens is 424 g/mol. The van der Waals surface area contributed by atoms with Crippen LogP contribution in [0.1, 0.15) is 30.9 Å². The summed E-state index contributed by atoms with van der Waals surface area (Å²) in [6.07, 6.45) is 1.77. The van der Waals surface area contributed by atoms with Crippen LogP contribution in [0, 0.1) is 5.92 Å². The monoisotopic (exact) mass is 450 g/mol. The molecule has 2 heterocycles. The zero-order chi connectivity index (χ0) is 22.1. The SMILES string of the molecule is O=C(N[C@@H]1CCOc2ccccc21)C1CCN(S(=O)(=O)c2ccc3ccccc3c2)CC1. The maximum Gasteiger partial charge on any atom is 0.243 e. The second-order valence-electron chi connectivity index (χ2n) is 8.42. The molecule has 0 unspecified atom stereocenters. The fourth-order valence-corrected chi connectivity index (χ4v) is 6.12. The summed E-state index contributed by atoms with van der Waals surface area (Å²) in [5.74, 6) is 0.628. The van der Waals surface area contributed by atoms with Crippen LogP contribution in [0.5, 0.6) is 5.75 Å². The second kappa shape index (κ2) is 8.56. The van der Waals surface area contributed by atoms with E-state index in [4.69, 9.17) is 4.74 Å². The Bertz CT molecular complexity index is 1250. The van der Waals surface area contributed by atoms with Gasteiger partial charge in [-0.2, -0.15) is 4.31 Å². The first-order valence-corrected chi connectivity index (χ1v) is 12.5. The van der Waals surface area contributed by atoms with Crippen LogP contribution in [0.4, 0.5) is 0 Å². The van der Waals surface area contributed by atoms with Gasteiger partial charge in [0.25, 0.3) is 0 Å². The lowest BCUT2D eigenvalue weighted by Gasteiger charge is -2.32. The molecule has 1 amide bonds. The predicted molar refractivity (Wildman–Crippen MR) is 123 cm³/mol. The number of para-hydroxylation sites is 1. The Balaban J connectivity index is 1.24. The molecule has 3 aromatic carbocycles. The fourth-order valence-electron chi connectivity index (χ4n) is 4.62. The van der Waals surface area contributed by atoms with Gasteiger partial charge >= 0.3 is 0 Å². The summed E-state index contributed by atoms with van der Waals surface area (Å²) < 4.78 is 33.5. The van der Waals surface area contributed by atoms with E-state index in [9.17, 15) is 13.2 Å². The number of rotatable bonds is 4. The number of nitrogens with one attached hydrogen (secondary N) is 1. The van der Waals surface area contributed by atoms with Gasteiger partial charge < -0.3 is 10.1 Å². The van der Waals surface area contributed by atoms with E-state index in [0.717, 1.165) is 28.5 Å². The molecular formula is C25H26N2O4S. The molecule has 3 aromatic rings. The molecule has 1 atom stereocenters. The van der Waals surface area contributed by atoms with Crippen LogP contribution in [0.25, 0.3) is 10.8 Å². The minimum Gasteiger partial charge on any atom is -0.493 e. The third-order valence-electron chi connectivity index (χ3n) is 6.46. The number of fused-ring (bicyclic) bond motifs is 2. The van der Waals surface area contributed by atoms with Crippen LogP contribution < -0.4 is 10.1 Å². The normalized spacial score (nSPS) is 19.8. The van der Waals surface area contributed by atoms with Gasteiger partial charge in [0, 0.05) is 31.0 Å². The Morgan fingerprint density at radius 1 is 0.906 bits per heavy atom. The number of carbonyl (C=O) groups excluding carboxylic acids is 1. The van der Waals surface area contributed by atoms with Crippen LogP contribution in [0.3, 0.4) is 0 Å². The zero-order valence-electron chi connectivity index (χ0n) is 17.7. The van der Waals surface area contributed by atoms with E-state index in [1.807, 2.05) is 54.6 Å². The number of benzene rings is 3. The van der Waals surface area contributed by atoms with Crippen molar-refractivity contribution in [1.29, 1.82) is 0 Å². The fraction of sp³-hybridized carbons (Fsp3) is 0.320. The first-order chi connectivity index (χ1) is 15.5. The molecule has 1 saturated heterocycles. The number of hydrogen-bond acceptors (Lipinski definition) is 4. The van der Waals surface area contributed by atoms with Crippen LogP contribution >= 0.6 is 0 Å². The van der Waals surface area contributed by atoms with Gasteiger partial charge in [-0.15, -0.1) is 0 Å². The van der Waals surface area contributed by atoms with Crippen molar-refractivity contribution in [3.63, 3.8) is 0 Å². The highest BCUT2D eigenvalue weighted by atomic mass is 32.2. The molecule has 1 fully saturated rings. The first-order valence-electron chi connectivity index (χ1n) is 11.0. The Kier molecular flexibility index (Phi) is 5.61. The third kappa shape index (κ3) is 3.98. The molecule has 0 bridgehead atoms. The summed E-state index contributed by atoms with van der Waals surface area (Å²) in [6.45, 7) is 1.26. The Morgan fingerprint density at radius 2 is 1.62 bits per heavy atom. The maximum absolute atomic E-state index is 13.2. The minimum atomic E-state index is -3.58. The van der Waals surface area contributed by atoms with E-state index in [1.54, 1.807) is 12.1 Å². The molecule has 2 aliphatic heterocycles. The van der Waals surface area contributed by atoms with Gasteiger partial charge in [0.15, 0.2) is 0 Å². The number of sulfonamides is 1. The highest BCUT2D eigenvalue weighted by Gasteiger charge is 2.33. The summed E-state index contributed by atoms with van der Waals surface area (Å²) >= 11 is 0. The van der Waals surface area contributed by atoms with Crippen LogP contribution in [0.15, 0.2) is 71.6 Å². The Hall–Kier alpha value is -2.90. The lowest BCUT2D eigenvalue weighted by atomic mass is 9.95. The summed E-state index contributed by atoms with van der Waals surface area (Å²) in [6, 6.07) is 20.7. The standard InChI is InChI=1S/C25H26N2O4S/c28-25(26-23-13-16-31-24-8-4-3-7-22(23)24)19-11-14-27(15-12-19)32(29,30)21-10-9-18-5-1-2-6-20(18)17-21/h1-10,17,19,23H,11-16H2,(H,26,28)/t23-/m1/s1. The van der Waals surface area contributed by atoms with Gasteiger partial charge in [-0.25, -0.2) is 8.42 Å². The Morgan fingerprint density at radius 3 is 2.44 bits per heavy atom. The lowest BCUT2D eigenvalue weighted by molar-refractivity contribution is -0.127.